The van der Waals surface area contributed by atoms with Gasteiger partial charge in [0.05, 0.1) is 0 Å². The van der Waals surface area contributed by atoms with E-state index in [0.717, 1.165) is 45.4 Å². The lowest BCUT2D eigenvalue weighted by molar-refractivity contribution is -0.108. The zero-order chi connectivity index (χ0) is 20.1. The molecule has 2 aliphatic heterocycles. The summed E-state index contributed by atoms with van der Waals surface area (Å²) in [5.74, 6) is 1.12. The highest BCUT2D eigenvalue weighted by Gasteiger charge is 2.30. The summed E-state index contributed by atoms with van der Waals surface area (Å²) in [4.78, 5) is 13.7. The minimum atomic E-state index is 0. The predicted octanol–water partition coefficient (Wildman–Crippen LogP) is 5.04. The van der Waals surface area contributed by atoms with E-state index in [0.29, 0.717) is 18.3 Å². The largest absolute Gasteiger partial charge is 0.313 e. The average Bonchev–Trinajstić information content (AvgIpc) is 2.99. The Balaban J connectivity index is 0.00000256. The average molecular weight is 427 g/mol. The molecule has 4 rings (SSSR count). The quantitative estimate of drug-likeness (QED) is 0.657. The van der Waals surface area contributed by atoms with Gasteiger partial charge < -0.3 is 10.1 Å². The molecule has 2 heterocycles. The topological polar surface area (TPSA) is 32.3 Å². The Labute approximate surface area is 187 Å². The van der Waals surface area contributed by atoms with Crippen LogP contribution >= 0.6 is 12.4 Å². The lowest BCUT2D eigenvalue weighted by atomic mass is 9.77. The van der Waals surface area contributed by atoms with Gasteiger partial charge in [-0.15, -0.1) is 12.4 Å². The number of benzene rings is 2. The number of aryl methyl sites for hydroxylation is 2. The van der Waals surface area contributed by atoms with Gasteiger partial charge >= 0.3 is 0 Å². The second kappa shape index (κ2) is 11.1. The van der Waals surface area contributed by atoms with Crippen LogP contribution in [0.5, 0.6) is 0 Å². The maximum atomic E-state index is 11.0. The molecule has 0 bridgehead atoms. The second-order valence-corrected chi connectivity index (χ2v) is 8.87. The summed E-state index contributed by atoms with van der Waals surface area (Å²) >= 11 is 0. The number of halogens is 1. The van der Waals surface area contributed by atoms with Crippen LogP contribution in [0, 0.1) is 12.8 Å². The number of carbonyl (C=O) groups excluding carboxylic acids is 1. The van der Waals surface area contributed by atoms with E-state index in [4.69, 9.17) is 0 Å². The van der Waals surface area contributed by atoms with Crippen LogP contribution in [0.25, 0.3) is 0 Å². The molecule has 2 aliphatic rings. The van der Waals surface area contributed by atoms with Crippen LogP contribution in [0.4, 0.5) is 0 Å². The number of nitrogens with zero attached hydrogens (tertiary/aromatic N) is 1. The fourth-order valence-corrected chi connectivity index (χ4v) is 5.16. The molecule has 0 saturated carbocycles. The van der Waals surface area contributed by atoms with E-state index in [1.807, 2.05) is 0 Å². The molecule has 1 fully saturated rings. The Morgan fingerprint density at radius 3 is 2.87 bits per heavy atom. The molecular formula is C26H35ClN2O. The summed E-state index contributed by atoms with van der Waals surface area (Å²) in [6.07, 6.45) is 6.38. The van der Waals surface area contributed by atoms with E-state index < -0.39 is 0 Å². The number of hydrogen-bond acceptors (Lipinski definition) is 3. The number of nitrogens with one attached hydrogen (secondary N) is 1. The predicted molar refractivity (Wildman–Crippen MR) is 126 cm³/mol. The zero-order valence-electron chi connectivity index (χ0n) is 18.1. The van der Waals surface area contributed by atoms with Crippen molar-refractivity contribution < 1.29 is 4.79 Å². The van der Waals surface area contributed by atoms with Crippen molar-refractivity contribution in [1.82, 2.24) is 10.2 Å². The third-order valence-corrected chi connectivity index (χ3v) is 6.92. The smallest absolute Gasteiger partial charge is 0.120 e. The van der Waals surface area contributed by atoms with Gasteiger partial charge in [0.15, 0.2) is 0 Å². The van der Waals surface area contributed by atoms with Gasteiger partial charge in [-0.05, 0) is 85.3 Å². The maximum Gasteiger partial charge on any atom is 0.120 e. The highest BCUT2D eigenvalue weighted by atomic mass is 35.5. The summed E-state index contributed by atoms with van der Waals surface area (Å²) in [5.41, 5.74) is 7.27. The first-order chi connectivity index (χ1) is 14.2. The molecule has 1 N–H and O–H groups in total. The first kappa shape index (κ1) is 23.0. The number of piperidine rings is 1. The number of rotatable bonds is 6. The van der Waals surface area contributed by atoms with Crippen molar-refractivity contribution in [1.29, 1.82) is 0 Å². The SMILES string of the molecule is Cc1ccccc1CN1CCC(CCC=O)C(c2ccc3c(c2)CNCCC3)C1.Cl. The van der Waals surface area contributed by atoms with Crippen LogP contribution in [-0.4, -0.2) is 30.8 Å². The Morgan fingerprint density at radius 1 is 1.17 bits per heavy atom. The normalized spacial score (nSPS) is 21.9. The number of aldehydes is 1. The van der Waals surface area contributed by atoms with E-state index in [1.165, 1.54) is 47.1 Å². The molecule has 3 nitrogen and oxygen atoms in total. The van der Waals surface area contributed by atoms with Crippen LogP contribution in [-0.2, 0) is 24.3 Å². The summed E-state index contributed by atoms with van der Waals surface area (Å²) < 4.78 is 0. The molecule has 4 heteroatoms. The molecule has 2 atom stereocenters. The Kier molecular flexibility index (Phi) is 8.50. The maximum absolute atomic E-state index is 11.0. The molecule has 2 aromatic rings. The molecule has 0 radical (unpaired) electrons. The molecule has 0 amide bonds. The fourth-order valence-electron chi connectivity index (χ4n) is 5.16. The van der Waals surface area contributed by atoms with E-state index in [9.17, 15) is 4.79 Å². The lowest BCUT2D eigenvalue weighted by Crippen LogP contribution is -2.39. The van der Waals surface area contributed by atoms with Gasteiger partial charge in [0.25, 0.3) is 0 Å². The molecule has 30 heavy (non-hydrogen) atoms. The van der Waals surface area contributed by atoms with Crippen molar-refractivity contribution in [3.8, 4) is 0 Å². The van der Waals surface area contributed by atoms with Crippen LogP contribution in [0.3, 0.4) is 0 Å². The van der Waals surface area contributed by atoms with Crippen molar-refractivity contribution in [2.75, 3.05) is 19.6 Å². The van der Waals surface area contributed by atoms with Crippen LogP contribution in [0.1, 0.15) is 59.4 Å². The molecule has 0 spiro atoms. The zero-order valence-corrected chi connectivity index (χ0v) is 18.9. The van der Waals surface area contributed by atoms with Crippen LogP contribution in [0.15, 0.2) is 42.5 Å². The minimum Gasteiger partial charge on any atom is -0.313 e. The number of likely N-dealkylation sites (tertiary alicyclic amines) is 1. The van der Waals surface area contributed by atoms with E-state index in [2.05, 4.69) is 59.6 Å². The molecule has 162 valence electrons. The number of carbonyl (C=O) groups is 1. The molecular weight excluding hydrogens is 392 g/mol. The van der Waals surface area contributed by atoms with Gasteiger partial charge in [-0.2, -0.15) is 0 Å². The van der Waals surface area contributed by atoms with Crippen LogP contribution in [0.2, 0.25) is 0 Å². The first-order valence-electron chi connectivity index (χ1n) is 11.3. The summed E-state index contributed by atoms with van der Waals surface area (Å²) in [5, 5.41) is 3.57. The summed E-state index contributed by atoms with van der Waals surface area (Å²) in [6, 6.07) is 15.9. The van der Waals surface area contributed by atoms with Crippen molar-refractivity contribution in [2.45, 2.75) is 58.0 Å². The van der Waals surface area contributed by atoms with Crippen molar-refractivity contribution in [2.24, 2.45) is 5.92 Å². The monoisotopic (exact) mass is 426 g/mol. The van der Waals surface area contributed by atoms with Crippen LogP contribution < -0.4 is 5.32 Å². The number of fused-ring (bicyclic) bond motifs is 1. The van der Waals surface area contributed by atoms with Crippen molar-refractivity contribution in [3.05, 3.63) is 70.3 Å². The van der Waals surface area contributed by atoms with E-state index >= 15 is 0 Å². The van der Waals surface area contributed by atoms with Gasteiger partial charge in [0.1, 0.15) is 6.29 Å². The molecule has 0 aromatic heterocycles. The third-order valence-electron chi connectivity index (χ3n) is 6.92. The van der Waals surface area contributed by atoms with Crippen molar-refractivity contribution >= 4 is 18.7 Å². The molecule has 1 saturated heterocycles. The Bertz CT molecular complexity index is 838. The highest BCUT2D eigenvalue weighted by Crippen LogP contribution is 2.37. The Morgan fingerprint density at radius 2 is 2.03 bits per heavy atom. The fraction of sp³-hybridized carbons (Fsp3) is 0.500. The van der Waals surface area contributed by atoms with Gasteiger partial charge in [0.2, 0.25) is 0 Å². The second-order valence-electron chi connectivity index (χ2n) is 8.87. The standard InChI is InChI=1S/C26H34N2O.ClH/c1-20-6-2-3-7-24(20)18-28-14-12-22(9-5-15-29)26(19-28)23-11-10-21-8-4-13-27-17-25(21)16-23;/h2-3,6-7,10-11,15-16,22,26-27H,4-5,8-9,12-14,17-19H2,1H3;1H. The van der Waals surface area contributed by atoms with Crippen molar-refractivity contribution in [3.63, 3.8) is 0 Å². The van der Waals surface area contributed by atoms with Gasteiger partial charge in [-0.25, -0.2) is 0 Å². The molecule has 2 unspecified atom stereocenters. The van der Waals surface area contributed by atoms with Gasteiger partial charge in [0, 0.05) is 26.1 Å². The summed E-state index contributed by atoms with van der Waals surface area (Å²) in [6.45, 7) is 7.55. The highest BCUT2D eigenvalue weighted by molar-refractivity contribution is 5.85. The first-order valence-corrected chi connectivity index (χ1v) is 11.3. The van der Waals surface area contributed by atoms with Gasteiger partial charge in [-0.1, -0.05) is 42.5 Å². The molecule has 0 aliphatic carbocycles. The number of hydrogen-bond donors (Lipinski definition) is 1. The lowest BCUT2D eigenvalue weighted by Gasteiger charge is -2.39. The van der Waals surface area contributed by atoms with Gasteiger partial charge in [-0.3, -0.25) is 4.90 Å². The third kappa shape index (κ3) is 5.51. The van der Waals surface area contributed by atoms with E-state index in [1.54, 1.807) is 0 Å². The Hall–Kier alpha value is -1.68. The summed E-state index contributed by atoms with van der Waals surface area (Å²) in [7, 11) is 0. The molecule has 2 aromatic carbocycles. The van der Waals surface area contributed by atoms with E-state index in [-0.39, 0.29) is 12.4 Å². The minimum absolute atomic E-state index is 0.